The number of nitriles is 2. The van der Waals surface area contributed by atoms with Gasteiger partial charge in [-0.15, -0.1) is 0 Å². The fraction of sp³-hybridized carbons (Fsp3) is 0.200. The highest BCUT2D eigenvalue weighted by Gasteiger charge is 2.20. The van der Waals surface area contributed by atoms with E-state index in [1.165, 1.54) is 12.1 Å². The molecule has 0 saturated carbocycles. The summed E-state index contributed by atoms with van der Waals surface area (Å²) in [5.74, 6) is 0.205. The van der Waals surface area contributed by atoms with Gasteiger partial charge >= 0.3 is 11.3 Å². The Morgan fingerprint density at radius 1 is 0.644 bits per heavy atom. The summed E-state index contributed by atoms with van der Waals surface area (Å²) in [4.78, 5) is 26.6. The van der Waals surface area contributed by atoms with E-state index in [4.69, 9.17) is 47.3 Å². The normalized spacial score (nSPS) is 11.6. The molecule has 4 N–H and O–H groups in total. The molecule has 0 atom stereocenters. The Kier molecular flexibility index (Phi) is 13.0. The van der Waals surface area contributed by atoms with Gasteiger partial charge in [0, 0.05) is 72.8 Å². The van der Waals surface area contributed by atoms with Crippen molar-refractivity contribution in [2.45, 2.75) is 39.5 Å². The van der Waals surface area contributed by atoms with Crippen molar-refractivity contribution >= 4 is 76.9 Å². The van der Waals surface area contributed by atoms with Gasteiger partial charge in [-0.2, -0.15) is 36.8 Å². The van der Waals surface area contributed by atoms with Gasteiger partial charge < -0.3 is 13.6 Å². The zero-order valence-electron chi connectivity index (χ0n) is 31.3. The lowest BCUT2D eigenvalue weighted by Gasteiger charge is -2.14. The molecule has 6 rings (SSSR count). The molecule has 2 aromatic heterocycles. The van der Waals surface area contributed by atoms with E-state index in [0.717, 1.165) is 0 Å². The predicted octanol–water partition coefficient (Wildman–Crippen LogP) is 7.12. The minimum atomic E-state index is -3.92. The molecule has 0 amide bonds. The molecule has 59 heavy (non-hydrogen) atoms. The van der Waals surface area contributed by atoms with E-state index in [1.807, 2.05) is 12.1 Å². The predicted molar refractivity (Wildman–Crippen MR) is 225 cm³/mol. The van der Waals surface area contributed by atoms with Crippen LogP contribution in [0.4, 0.5) is 11.4 Å². The Labute approximate surface area is 348 Å². The molecule has 4 aromatic carbocycles. The molecular weight excluding hydrogens is 844 g/mol. The molecule has 19 heteroatoms. The SMILES string of the molecule is Cc1c(Cc2cccc(NS(=O)(=O)NCCC#N)c2)c(=O)oc2cc(Oc3cc4oc(=O)c(Cc5cccc(NS(=O)(=O)NCCC#N)c5)c(C)c4cc3Cl)c(Cl)cc12. The molecular formula is C40H34Cl2N6O9S2. The maximum atomic E-state index is 13.3. The summed E-state index contributed by atoms with van der Waals surface area (Å²) in [7, 11) is -7.84. The van der Waals surface area contributed by atoms with E-state index in [-0.39, 0.29) is 82.9 Å². The maximum absolute atomic E-state index is 13.3. The van der Waals surface area contributed by atoms with Crippen molar-refractivity contribution < 1.29 is 30.4 Å². The lowest BCUT2D eigenvalue weighted by atomic mass is 9.99. The van der Waals surface area contributed by atoms with Crippen LogP contribution in [0.5, 0.6) is 11.5 Å². The second-order valence-corrected chi connectivity index (χ2v) is 17.0. The van der Waals surface area contributed by atoms with E-state index in [2.05, 4.69) is 18.9 Å². The summed E-state index contributed by atoms with van der Waals surface area (Å²) in [5.41, 5.74) is 2.71. The Balaban J connectivity index is 1.22. The van der Waals surface area contributed by atoms with Crippen LogP contribution in [0.15, 0.2) is 91.2 Å². The van der Waals surface area contributed by atoms with Gasteiger partial charge in [-0.25, -0.2) is 9.59 Å². The molecule has 0 radical (unpaired) electrons. The molecule has 15 nitrogen and oxygen atoms in total. The van der Waals surface area contributed by atoms with E-state index in [1.54, 1.807) is 74.5 Å². The van der Waals surface area contributed by atoms with Crippen molar-refractivity contribution in [2.24, 2.45) is 0 Å². The van der Waals surface area contributed by atoms with E-state index < -0.39 is 31.7 Å². The second-order valence-electron chi connectivity index (χ2n) is 13.2. The summed E-state index contributed by atoms with van der Waals surface area (Å²) < 4.78 is 76.3. The van der Waals surface area contributed by atoms with Crippen molar-refractivity contribution in [1.29, 1.82) is 10.5 Å². The van der Waals surface area contributed by atoms with E-state index >= 15 is 0 Å². The molecule has 0 fully saturated rings. The minimum absolute atomic E-state index is 0.0109. The average Bonchev–Trinajstić information content (AvgIpc) is 3.16. The number of hydrogen-bond acceptors (Lipinski definition) is 11. The Bertz CT molecular complexity index is 2850. The number of anilines is 2. The number of nitrogens with one attached hydrogen (secondary N) is 4. The van der Waals surface area contributed by atoms with Gasteiger partial charge in [0.15, 0.2) is 0 Å². The van der Waals surface area contributed by atoms with Gasteiger partial charge in [0.05, 0.1) is 33.6 Å². The number of fused-ring (bicyclic) bond motifs is 2. The zero-order chi connectivity index (χ0) is 42.5. The first-order chi connectivity index (χ1) is 28.1. The van der Waals surface area contributed by atoms with Gasteiger partial charge in [0.25, 0.3) is 20.4 Å². The monoisotopic (exact) mass is 876 g/mol. The second kappa shape index (κ2) is 17.9. The highest BCUT2D eigenvalue weighted by atomic mass is 35.5. The first kappa shape index (κ1) is 42.7. The molecule has 0 bridgehead atoms. The van der Waals surface area contributed by atoms with Gasteiger partial charge in [-0.05, 0) is 72.5 Å². The summed E-state index contributed by atoms with van der Waals surface area (Å²) in [6.45, 7) is 3.39. The first-order valence-corrected chi connectivity index (χ1v) is 21.4. The Morgan fingerprint density at radius 3 is 1.44 bits per heavy atom. The van der Waals surface area contributed by atoms with Crippen LogP contribution in [0.2, 0.25) is 10.0 Å². The smallest absolute Gasteiger partial charge is 0.340 e. The lowest BCUT2D eigenvalue weighted by Crippen LogP contribution is -2.30. The van der Waals surface area contributed by atoms with Crippen molar-refractivity contribution in [1.82, 2.24) is 9.44 Å². The van der Waals surface area contributed by atoms with Crippen molar-refractivity contribution in [3.63, 3.8) is 0 Å². The Hall–Kier alpha value is -5.92. The van der Waals surface area contributed by atoms with Crippen LogP contribution in [-0.4, -0.2) is 29.9 Å². The molecule has 0 unspecified atom stereocenters. The largest absolute Gasteiger partial charge is 0.454 e. The lowest BCUT2D eigenvalue weighted by molar-refractivity contribution is 0.478. The van der Waals surface area contributed by atoms with Crippen molar-refractivity contribution in [3.8, 4) is 23.6 Å². The fourth-order valence-electron chi connectivity index (χ4n) is 6.23. The molecule has 304 valence electrons. The van der Waals surface area contributed by atoms with Crippen LogP contribution in [0.1, 0.15) is 46.2 Å². The fourth-order valence-corrected chi connectivity index (χ4v) is 8.39. The quantitative estimate of drug-likeness (QED) is 0.0565. The summed E-state index contributed by atoms with van der Waals surface area (Å²) in [6, 6.07) is 22.8. The third kappa shape index (κ3) is 10.4. The number of rotatable bonds is 16. The van der Waals surface area contributed by atoms with E-state index in [0.29, 0.717) is 44.2 Å². The number of hydrogen-bond donors (Lipinski definition) is 4. The van der Waals surface area contributed by atoms with Gasteiger partial charge in [-0.1, -0.05) is 47.5 Å². The summed E-state index contributed by atoms with van der Waals surface area (Å²) in [5, 5.41) is 18.7. The molecule has 0 saturated heterocycles. The summed E-state index contributed by atoms with van der Waals surface area (Å²) in [6.07, 6.45) is 0.258. The van der Waals surface area contributed by atoms with Crippen LogP contribution < -0.4 is 34.9 Å². The van der Waals surface area contributed by atoms with E-state index in [9.17, 15) is 26.4 Å². The highest BCUT2D eigenvalue weighted by Crippen LogP contribution is 2.39. The third-order valence-corrected chi connectivity index (χ3v) is 11.8. The third-order valence-electron chi connectivity index (χ3n) is 9.08. The van der Waals surface area contributed by atoms with Crippen LogP contribution in [0, 0.1) is 36.5 Å². The van der Waals surface area contributed by atoms with Gasteiger partial charge in [0.2, 0.25) is 0 Å². The van der Waals surface area contributed by atoms with Crippen molar-refractivity contribution in [3.05, 3.63) is 137 Å². The molecule has 6 aromatic rings. The van der Waals surface area contributed by atoms with Crippen molar-refractivity contribution in [2.75, 3.05) is 22.5 Å². The van der Waals surface area contributed by atoms with Gasteiger partial charge in [0.1, 0.15) is 22.7 Å². The zero-order valence-corrected chi connectivity index (χ0v) is 34.5. The minimum Gasteiger partial charge on any atom is -0.454 e. The topological polar surface area (TPSA) is 234 Å². The van der Waals surface area contributed by atoms with Crippen LogP contribution in [0.3, 0.4) is 0 Å². The number of ether oxygens (including phenoxy) is 1. The summed E-state index contributed by atoms with van der Waals surface area (Å²) >= 11 is 13.4. The molecule has 0 spiro atoms. The molecule has 0 aliphatic heterocycles. The Morgan fingerprint density at radius 2 is 1.05 bits per heavy atom. The average molecular weight is 878 g/mol. The molecule has 2 heterocycles. The molecule has 0 aliphatic rings. The van der Waals surface area contributed by atoms with Crippen LogP contribution in [0.25, 0.3) is 21.9 Å². The van der Waals surface area contributed by atoms with Gasteiger partial charge in [-0.3, -0.25) is 9.44 Å². The highest BCUT2D eigenvalue weighted by molar-refractivity contribution is 7.91. The molecule has 0 aliphatic carbocycles. The van der Waals surface area contributed by atoms with Crippen LogP contribution >= 0.6 is 23.2 Å². The number of aryl methyl sites for hydroxylation is 2. The standard InChI is InChI=1S/C40H34Cl2N6O9S2/c1-23-29-19-33(41)37(21-35(29)56-39(49)31(23)17-25-7-3-9-27(15-25)47-58(51,52)45-13-5-11-43)55-38-22-36-30(20-34(38)42)24(2)32(40(50)57-36)18-26-8-4-10-28(16-26)48-59(53,54)46-14-6-12-44/h3-4,7-10,15-16,19-22,45-48H,5-6,13-14,17-18H2,1-2H3. The number of nitrogens with zero attached hydrogens (tertiary/aromatic N) is 2. The number of halogens is 2. The number of benzene rings is 4. The first-order valence-electron chi connectivity index (χ1n) is 17.7. The van der Waals surface area contributed by atoms with Crippen LogP contribution in [-0.2, 0) is 33.3 Å². The maximum Gasteiger partial charge on any atom is 0.340 e.